The van der Waals surface area contributed by atoms with Crippen molar-refractivity contribution in [1.29, 1.82) is 0 Å². The number of hydrogen-bond acceptors (Lipinski definition) is 13. The van der Waals surface area contributed by atoms with Gasteiger partial charge in [0.15, 0.2) is 6.29 Å². The second-order valence-corrected chi connectivity index (χ2v) is 7.38. The fourth-order valence-electron chi connectivity index (χ4n) is 3.28. The maximum absolute atomic E-state index is 11.9. The van der Waals surface area contributed by atoms with E-state index in [2.05, 4.69) is 0 Å². The van der Waals surface area contributed by atoms with Gasteiger partial charge >= 0.3 is 0 Å². The number of aliphatic hydroxyl groups is 7. The predicted octanol–water partition coefficient (Wildman–Crippen LogP) is -4.05. The first-order valence-corrected chi connectivity index (χ1v) is 9.52. The molecule has 0 radical (unpaired) electrons. The van der Waals surface area contributed by atoms with Gasteiger partial charge in [-0.3, -0.25) is 4.79 Å². The van der Waals surface area contributed by atoms with E-state index in [0.717, 1.165) is 12.3 Å². The van der Waals surface area contributed by atoms with Crippen LogP contribution in [0.25, 0.3) is 0 Å². The number of hydrogen-bond donors (Lipinski definition) is 7. The molecule has 1 aromatic rings. The third kappa shape index (κ3) is 5.06. The van der Waals surface area contributed by atoms with Crippen molar-refractivity contribution in [2.45, 2.75) is 68.3 Å². The van der Waals surface area contributed by atoms with Gasteiger partial charge in [0.2, 0.25) is 17.5 Å². The molecule has 0 saturated carbocycles. The van der Waals surface area contributed by atoms with Crippen LogP contribution in [0.3, 0.4) is 0 Å². The lowest BCUT2D eigenvalue weighted by Crippen LogP contribution is -2.61. The Labute approximate surface area is 175 Å². The lowest BCUT2D eigenvalue weighted by molar-refractivity contribution is -0.297. The standard InChI is InChI=1S/C18H26O13/c1-6-16(7(19)2-3-28-6)31-18-15(25)13(23)11(21)9(30-18)5-27-4-8-10(20)12(22)14(24)17(26)29-8/h2-3,8-15,17-18,20-26H,4-5H2,1H3/t8-,9-,10-,11-,12+,13+,14-,15-,17-,18+/m1/s1. The van der Waals surface area contributed by atoms with E-state index in [1.165, 1.54) is 6.92 Å². The number of aliphatic hydroxyl groups excluding tert-OH is 7. The van der Waals surface area contributed by atoms with E-state index in [1.807, 2.05) is 0 Å². The summed E-state index contributed by atoms with van der Waals surface area (Å²) >= 11 is 0. The van der Waals surface area contributed by atoms with Gasteiger partial charge in [-0.2, -0.15) is 0 Å². The number of rotatable bonds is 6. The quantitative estimate of drug-likeness (QED) is 0.220. The van der Waals surface area contributed by atoms with Crippen LogP contribution in [0.4, 0.5) is 0 Å². The smallest absolute Gasteiger partial charge is 0.229 e. The van der Waals surface area contributed by atoms with Crippen molar-refractivity contribution in [3.8, 4) is 5.75 Å². The second-order valence-electron chi connectivity index (χ2n) is 7.38. The van der Waals surface area contributed by atoms with Crippen LogP contribution in [0.15, 0.2) is 21.5 Å². The van der Waals surface area contributed by atoms with E-state index in [4.69, 9.17) is 23.4 Å². The normalized spacial score (nSPS) is 41.2. The third-order valence-electron chi connectivity index (χ3n) is 5.16. The summed E-state index contributed by atoms with van der Waals surface area (Å²) in [5.74, 6) is -0.130. The molecule has 13 nitrogen and oxygen atoms in total. The Balaban J connectivity index is 1.61. The van der Waals surface area contributed by atoms with Gasteiger partial charge in [-0.25, -0.2) is 0 Å². The highest BCUT2D eigenvalue weighted by atomic mass is 16.7. The van der Waals surface area contributed by atoms with E-state index in [9.17, 15) is 40.5 Å². The summed E-state index contributed by atoms with van der Waals surface area (Å²) in [7, 11) is 0. The zero-order valence-electron chi connectivity index (χ0n) is 16.4. The minimum atomic E-state index is -1.74. The van der Waals surface area contributed by atoms with Crippen LogP contribution in [0.2, 0.25) is 0 Å². The highest BCUT2D eigenvalue weighted by Gasteiger charge is 2.46. The molecule has 0 bridgehead atoms. The van der Waals surface area contributed by atoms with Crippen LogP contribution in [0.1, 0.15) is 5.76 Å². The molecule has 2 aliphatic rings. The Hall–Kier alpha value is -1.65. The molecule has 2 aliphatic heterocycles. The maximum Gasteiger partial charge on any atom is 0.229 e. The predicted molar refractivity (Wildman–Crippen MR) is 96.7 cm³/mol. The van der Waals surface area contributed by atoms with Crippen molar-refractivity contribution in [3.63, 3.8) is 0 Å². The molecular weight excluding hydrogens is 424 g/mol. The van der Waals surface area contributed by atoms with E-state index in [1.54, 1.807) is 0 Å². The summed E-state index contributed by atoms with van der Waals surface area (Å²) in [6.07, 6.45) is -14.4. The topological polar surface area (TPSA) is 209 Å². The Morgan fingerprint density at radius 3 is 2.03 bits per heavy atom. The summed E-state index contributed by atoms with van der Waals surface area (Å²) in [5, 5.41) is 69.0. The Morgan fingerprint density at radius 1 is 0.839 bits per heavy atom. The van der Waals surface area contributed by atoms with Crippen molar-refractivity contribution in [2.75, 3.05) is 13.2 Å². The average molecular weight is 450 g/mol. The summed E-state index contributed by atoms with van der Waals surface area (Å²) < 4.78 is 26.2. The minimum absolute atomic E-state index is 0.111. The van der Waals surface area contributed by atoms with Crippen LogP contribution >= 0.6 is 0 Å². The Kier molecular flexibility index (Phi) is 7.64. The van der Waals surface area contributed by atoms with Gasteiger partial charge in [0.05, 0.1) is 19.5 Å². The molecular formula is C18H26O13. The molecule has 13 heteroatoms. The van der Waals surface area contributed by atoms with Crippen LogP contribution < -0.4 is 10.2 Å². The first-order valence-electron chi connectivity index (χ1n) is 9.52. The van der Waals surface area contributed by atoms with E-state index in [0.29, 0.717) is 0 Å². The van der Waals surface area contributed by atoms with Gasteiger partial charge in [0, 0.05) is 6.07 Å². The van der Waals surface area contributed by atoms with Crippen molar-refractivity contribution in [1.82, 2.24) is 0 Å². The molecule has 176 valence electrons. The fourth-order valence-corrected chi connectivity index (χ4v) is 3.28. The van der Waals surface area contributed by atoms with E-state index in [-0.39, 0.29) is 24.7 Å². The minimum Gasteiger partial charge on any atom is -0.465 e. The lowest BCUT2D eigenvalue weighted by atomic mass is 9.98. The average Bonchev–Trinajstić information content (AvgIpc) is 2.73. The first-order chi connectivity index (χ1) is 14.6. The van der Waals surface area contributed by atoms with Gasteiger partial charge in [-0.1, -0.05) is 0 Å². The number of aryl methyl sites for hydroxylation is 1. The molecule has 31 heavy (non-hydrogen) atoms. The molecule has 1 aromatic heterocycles. The molecule has 2 saturated heterocycles. The molecule has 2 fully saturated rings. The molecule has 0 aromatic carbocycles. The zero-order chi connectivity index (χ0) is 22.9. The van der Waals surface area contributed by atoms with Gasteiger partial charge in [-0.05, 0) is 6.92 Å². The SMILES string of the molecule is Cc1occc(=O)c1O[C@@H]1O[C@H](COC[C@H]2O[C@@H](O)[C@H](O)[C@@H](O)[C@@H]2O)[C@@H](O)[C@H](O)[C@H]1O. The highest BCUT2D eigenvalue weighted by molar-refractivity contribution is 5.23. The summed E-state index contributed by atoms with van der Waals surface area (Å²) in [6, 6.07) is 1.10. The van der Waals surface area contributed by atoms with Crippen LogP contribution in [0, 0.1) is 6.92 Å². The monoisotopic (exact) mass is 450 g/mol. The van der Waals surface area contributed by atoms with Gasteiger partial charge in [0.25, 0.3) is 0 Å². The van der Waals surface area contributed by atoms with Gasteiger partial charge in [0.1, 0.15) is 54.6 Å². The van der Waals surface area contributed by atoms with Crippen LogP contribution in [-0.4, -0.2) is 110 Å². The van der Waals surface area contributed by atoms with Crippen molar-refractivity contribution >= 4 is 0 Å². The van der Waals surface area contributed by atoms with Crippen LogP contribution in [-0.2, 0) is 14.2 Å². The van der Waals surface area contributed by atoms with Gasteiger partial charge < -0.3 is 59.1 Å². The van der Waals surface area contributed by atoms with Crippen molar-refractivity contribution in [2.24, 2.45) is 0 Å². The van der Waals surface area contributed by atoms with Crippen molar-refractivity contribution in [3.05, 3.63) is 28.3 Å². The molecule has 7 N–H and O–H groups in total. The van der Waals surface area contributed by atoms with Crippen molar-refractivity contribution < 1.29 is 59.1 Å². The molecule has 0 amide bonds. The third-order valence-corrected chi connectivity index (χ3v) is 5.16. The van der Waals surface area contributed by atoms with Crippen LogP contribution in [0.5, 0.6) is 5.75 Å². The molecule has 10 atom stereocenters. The highest BCUT2D eigenvalue weighted by Crippen LogP contribution is 2.25. The van der Waals surface area contributed by atoms with Gasteiger partial charge in [-0.15, -0.1) is 0 Å². The maximum atomic E-state index is 11.9. The molecule has 3 heterocycles. The summed E-state index contributed by atoms with van der Waals surface area (Å²) in [5.41, 5.74) is -0.546. The largest absolute Gasteiger partial charge is 0.465 e. The second kappa shape index (κ2) is 9.87. The first kappa shape index (κ1) is 24.0. The Bertz CT molecular complexity index is 784. The van der Waals surface area contributed by atoms with E-state index >= 15 is 0 Å². The molecule has 0 spiro atoms. The number of ether oxygens (including phenoxy) is 4. The summed E-state index contributed by atoms with van der Waals surface area (Å²) in [4.78, 5) is 11.9. The fraction of sp³-hybridized carbons (Fsp3) is 0.722. The molecule has 0 unspecified atom stereocenters. The summed E-state index contributed by atoms with van der Waals surface area (Å²) in [6.45, 7) is 0.696. The Morgan fingerprint density at radius 2 is 1.42 bits per heavy atom. The molecule has 3 rings (SSSR count). The zero-order valence-corrected chi connectivity index (χ0v) is 16.4. The van der Waals surface area contributed by atoms with E-state index < -0.39 is 66.8 Å². The molecule has 0 aliphatic carbocycles. The lowest BCUT2D eigenvalue weighted by Gasteiger charge is -2.41.